The lowest BCUT2D eigenvalue weighted by molar-refractivity contribution is -0.146. The van der Waals surface area contributed by atoms with E-state index in [1.807, 2.05) is 12.1 Å². The second-order valence-corrected chi connectivity index (χ2v) is 6.28. The standard InChI is InChI=1S/C16H20N2O3/c1-16(14(19)20)8-9-18(10-16)15(21)17-13-7-6-11-4-2-3-5-12(11)13/h2-5,13H,6-10H2,1H3,(H,17,21)(H,19,20). The SMILES string of the molecule is CC1(C(=O)O)CCN(C(=O)NC2CCc3ccccc32)C1. The normalized spacial score (nSPS) is 27.5. The second kappa shape index (κ2) is 5.06. The Hall–Kier alpha value is -2.04. The molecule has 0 bridgehead atoms. The number of aliphatic carboxylic acids is 1. The first-order chi connectivity index (χ1) is 9.99. The Kier molecular flexibility index (Phi) is 3.35. The summed E-state index contributed by atoms with van der Waals surface area (Å²) in [5.41, 5.74) is 1.66. The van der Waals surface area contributed by atoms with Gasteiger partial charge < -0.3 is 15.3 Å². The highest BCUT2D eigenvalue weighted by Crippen LogP contribution is 2.33. The van der Waals surface area contributed by atoms with E-state index in [2.05, 4.69) is 17.4 Å². The Morgan fingerprint density at radius 1 is 1.38 bits per heavy atom. The molecule has 1 saturated heterocycles. The maximum atomic E-state index is 12.3. The molecule has 112 valence electrons. The number of carboxylic acid groups (broad SMARTS) is 1. The molecule has 2 N–H and O–H groups in total. The van der Waals surface area contributed by atoms with Crippen LogP contribution in [0.15, 0.2) is 24.3 Å². The molecule has 5 heteroatoms. The van der Waals surface area contributed by atoms with Crippen LogP contribution < -0.4 is 5.32 Å². The number of carbonyl (C=O) groups excluding carboxylic acids is 1. The lowest BCUT2D eigenvalue weighted by Crippen LogP contribution is -2.42. The Morgan fingerprint density at radius 3 is 2.86 bits per heavy atom. The molecule has 0 radical (unpaired) electrons. The van der Waals surface area contributed by atoms with E-state index in [0.29, 0.717) is 13.0 Å². The summed E-state index contributed by atoms with van der Waals surface area (Å²) in [5, 5.41) is 12.3. The lowest BCUT2D eigenvalue weighted by atomic mass is 9.90. The third kappa shape index (κ3) is 2.48. The number of aryl methyl sites for hydroxylation is 1. The first-order valence-electron chi connectivity index (χ1n) is 7.36. The van der Waals surface area contributed by atoms with Gasteiger partial charge in [-0.3, -0.25) is 4.79 Å². The van der Waals surface area contributed by atoms with Crippen molar-refractivity contribution in [3.05, 3.63) is 35.4 Å². The quantitative estimate of drug-likeness (QED) is 0.876. The Labute approximate surface area is 123 Å². The minimum atomic E-state index is -0.830. The fourth-order valence-corrected chi connectivity index (χ4v) is 3.26. The van der Waals surface area contributed by atoms with Crippen LogP contribution in [0.5, 0.6) is 0 Å². The minimum absolute atomic E-state index is 0.0467. The van der Waals surface area contributed by atoms with Gasteiger partial charge in [0.1, 0.15) is 0 Å². The van der Waals surface area contributed by atoms with E-state index in [4.69, 9.17) is 0 Å². The zero-order chi connectivity index (χ0) is 15.0. The van der Waals surface area contributed by atoms with Gasteiger partial charge in [-0.2, -0.15) is 0 Å². The van der Waals surface area contributed by atoms with E-state index in [1.165, 1.54) is 11.1 Å². The number of hydrogen-bond acceptors (Lipinski definition) is 2. The third-order valence-electron chi connectivity index (χ3n) is 4.71. The number of nitrogens with zero attached hydrogens (tertiary/aromatic N) is 1. The largest absolute Gasteiger partial charge is 0.481 e. The van der Waals surface area contributed by atoms with E-state index < -0.39 is 11.4 Å². The summed E-state index contributed by atoms with van der Waals surface area (Å²) < 4.78 is 0. The molecule has 1 heterocycles. The van der Waals surface area contributed by atoms with Gasteiger partial charge >= 0.3 is 12.0 Å². The van der Waals surface area contributed by atoms with E-state index in [9.17, 15) is 14.7 Å². The van der Waals surface area contributed by atoms with Crippen LogP contribution in [0.4, 0.5) is 4.79 Å². The third-order valence-corrected chi connectivity index (χ3v) is 4.71. The number of urea groups is 1. The van der Waals surface area contributed by atoms with Crippen LogP contribution in [0.2, 0.25) is 0 Å². The van der Waals surface area contributed by atoms with Crippen LogP contribution in [-0.2, 0) is 11.2 Å². The van der Waals surface area contributed by atoms with Crippen molar-refractivity contribution in [2.24, 2.45) is 5.41 Å². The Balaban J connectivity index is 1.65. The van der Waals surface area contributed by atoms with Crippen LogP contribution in [-0.4, -0.2) is 35.1 Å². The monoisotopic (exact) mass is 288 g/mol. The van der Waals surface area contributed by atoms with Gasteiger partial charge in [-0.1, -0.05) is 24.3 Å². The van der Waals surface area contributed by atoms with E-state index in [-0.39, 0.29) is 18.6 Å². The molecule has 2 amide bonds. The van der Waals surface area contributed by atoms with Crippen LogP contribution in [0.1, 0.15) is 36.9 Å². The minimum Gasteiger partial charge on any atom is -0.481 e. The van der Waals surface area contributed by atoms with Gasteiger partial charge in [0, 0.05) is 13.1 Å². The molecule has 2 unspecified atom stereocenters. The van der Waals surface area contributed by atoms with Crippen molar-refractivity contribution in [2.45, 2.75) is 32.2 Å². The topological polar surface area (TPSA) is 69.6 Å². The molecule has 5 nitrogen and oxygen atoms in total. The summed E-state index contributed by atoms with van der Waals surface area (Å²) in [4.78, 5) is 25.2. The molecule has 2 atom stereocenters. The average Bonchev–Trinajstić information content (AvgIpc) is 3.05. The predicted octanol–water partition coefficient (Wildman–Crippen LogP) is 2.18. The first-order valence-corrected chi connectivity index (χ1v) is 7.36. The predicted molar refractivity (Wildman–Crippen MR) is 78.0 cm³/mol. The first kappa shape index (κ1) is 13.9. The molecule has 0 saturated carbocycles. The van der Waals surface area contributed by atoms with Gasteiger partial charge in [0.2, 0.25) is 0 Å². The van der Waals surface area contributed by atoms with Crippen molar-refractivity contribution in [2.75, 3.05) is 13.1 Å². The van der Waals surface area contributed by atoms with Crippen LogP contribution in [0, 0.1) is 5.41 Å². The molecule has 1 fully saturated rings. The highest BCUT2D eigenvalue weighted by atomic mass is 16.4. The summed E-state index contributed by atoms with van der Waals surface area (Å²) in [6.45, 7) is 2.49. The summed E-state index contributed by atoms with van der Waals surface area (Å²) in [6, 6.07) is 8.05. The molecule has 1 aliphatic heterocycles. The van der Waals surface area contributed by atoms with Gasteiger partial charge in [-0.05, 0) is 37.3 Å². The maximum absolute atomic E-state index is 12.3. The van der Waals surface area contributed by atoms with Gasteiger partial charge in [-0.15, -0.1) is 0 Å². The number of likely N-dealkylation sites (tertiary alicyclic amines) is 1. The number of amides is 2. The van der Waals surface area contributed by atoms with Gasteiger partial charge in [0.05, 0.1) is 11.5 Å². The summed E-state index contributed by atoms with van der Waals surface area (Å²) >= 11 is 0. The number of carboxylic acids is 1. The van der Waals surface area contributed by atoms with Crippen molar-refractivity contribution in [1.82, 2.24) is 10.2 Å². The molecule has 1 aliphatic carbocycles. The molecule has 1 aromatic rings. The van der Waals surface area contributed by atoms with Crippen molar-refractivity contribution in [3.63, 3.8) is 0 Å². The van der Waals surface area contributed by atoms with Crippen LogP contribution >= 0.6 is 0 Å². The van der Waals surface area contributed by atoms with Crippen LogP contribution in [0.3, 0.4) is 0 Å². The summed E-state index contributed by atoms with van der Waals surface area (Å²) in [7, 11) is 0. The number of nitrogens with one attached hydrogen (secondary N) is 1. The van der Waals surface area contributed by atoms with Gasteiger partial charge in [-0.25, -0.2) is 4.79 Å². The van der Waals surface area contributed by atoms with Gasteiger partial charge in [0.25, 0.3) is 0 Å². The van der Waals surface area contributed by atoms with Gasteiger partial charge in [0.15, 0.2) is 0 Å². The molecule has 3 rings (SSSR count). The molecule has 0 spiro atoms. The van der Waals surface area contributed by atoms with Crippen molar-refractivity contribution >= 4 is 12.0 Å². The van der Waals surface area contributed by atoms with E-state index in [0.717, 1.165) is 12.8 Å². The fourth-order valence-electron chi connectivity index (χ4n) is 3.26. The number of benzene rings is 1. The second-order valence-electron chi connectivity index (χ2n) is 6.28. The zero-order valence-electron chi connectivity index (χ0n) is 12.1. The molecule has 21 heavy (non-hydrogen) atoms. The number of fused-ring (bicyclic) bond motifs is 1. The van der Waals surface area contributed by atoms with E-state index in [1.54, 1.807) is 11.8 Å². The molecular formula is C16H20N2O3. The summed E-state index contributed by atoms with van der Waals surface area (Å²) in [5.74, 6) is -0.830. The molecule has 1 aromatic carbocycles. The van der Waals surface area contributed by atoms with Crippen molar-refractivity contribution in [3.8, 4) is 0 Å². The Bertz CT molecular complexity index is 587. The average molecular weight is 288 g/mol. The number of carbonyl (C=O) groups is 2. The molecule has 0 aromatic heterocycles. The number of hydrogen-bond donors (Lipinski definition) is 2. The smallest absolute Gasteiger partial charge is 0.317 e. The Morgan fingerprint density at radius 2 is 2.14 bits per heavy atom. The molecule has 2 aliphatic rings. The lowest BCUT2D eigenvalue weighted by Gasteiger charge is -2.23. The highest BCUT2D eigenvalue weighted by molar-refractivity contribution is 5.79. The molecular weight excluding hydrogens is 268 g/mol. The van der Waals surface area contributed by atoms with Crippen molar-refractivity contribution < 1.29 is 14.7 Å². The highest BCUT2D eigenvalue weighted by Gasteiger charge is 2.42. The van der Waals surface area contributed by atoms with Crippen molar-refractivity contribution in [1.29, 1.82) is 0 Å². The van der Waals surface area contributed by atoms with E-state index >= 15 is 0 Å². The van der Waals surface area contributed by atoms with Crippen LogP contribution in [0.25, 0.3) is 0 Å². The maximum Gasteiger partial charge on any atom is 0.317 e. The zero-order valence-corrected chi connectivity index (χ0v) is 12.1. The summed E-state index contributed by atoms with van der Waals surface area (Å²) in [6.07, 6.45) is 2.40. The number of rotatable bonds is 2. The fraction of sp³-hybridized carbons (Fsp3) is 0.500.